The second-order valence-corrected chi connectivity index (χ2v) is 16.1. The summed E-state index contributed by atoms with van der Waals surface area (Å²) in [4.78, 5) is 2.43. The van der Waals surface area contributed by atoms with E-state index in [-0.39, 0.29) is 5.41 Å². The van der Waals surface area contributed by atoms with Gasteiger partial charge in [-0.05, 0) is 131 Å². The van der Waals surface area contributed by atoms with Gasteiger partial charge >= 0.3 is 0 Å². The molecule has 0 fully saturated rings. The lowest BCUT2D eigenvalue weighted by molar-refractivity contribution is 0.660. The van der Waals surface area contributed by atoms with Gasteiger partial charge < -0.3 is 4.90 Å². The van der Waals surface area contributed by atoms with E-state index < -0.39 is 0 Å². The molecule has 0 aliphatic heterocycles. The Kier molecular flexibility index (Phi) is 7.91. The van der Waals surface area contributed by atoms with Gasteiger partial charge in [-0.2, -0.15) is 0 Å². The van der Waals surface area contributed by atoms with Crippen LogP contribution in [0.4, 0.5) is 17.1 Å². The minimum Gasteiger partial charge on any atom is -0.310 e. The molecule has 0 saturated heterocycles. The quantitative estimate of drug-likeness (QED) is 0.154. The highest BCUT2D eigenvalue weighted by Crippen LogP contribution is 2.50. The van der Waals surface area contributed by atoms with E-state index in [2.05, 4.69) is 231 Å². The van der Waals surface area contributed by atoms with Crippen molar-refractivity contribution in [2.75, 3.05) is 4.90 Å². The van der Waals surface area contributed by atoms with Crippen LogP contribution in [-0.2, 0) is 5.41 Å². The summed E-state index contributed by atoms with van der Waals surface area (Å²) in [7, 11) is 0. The van der Waals surface area contributed by atoms with Crippen molar-refractivity contribution < 1.29 is 0 Å². The summed E-state index contributed by atoms with van der Waals surface area (Å²) in [6.45, 7) is 4.70. The number of benzene rings is 10. The largest absolute Gasteiger partial charge is 0.310 e. The van der Waals surface area contributed by atoms with Crippen LogP contribution in [0.2, 0.25) is 0 Å². The third-order valence-corrected chi connectivity index (χ3v) is 12.5. The van der Waals surface area contributed by atoms with Crippen LogP contribution in [0.15, 0.2) is 212 Å². The van der Waals surface area contributed by atoms with Gasteiger partial charge in [0.15, 0.2) is 0 Å². The molecule has 1 aliphatic carbocycles. The zero-order valence-electron chi connectivity index (χ0n) is 32.7. The molecule has 0 heterocycles. The Balaban J connectivity index is 1.05. The van der Waals surface area contributed by atoms with E-state index in [1.165, 1.54) is 88.0 Å². The number of anilines is 3. The third kappa shape index (κ3) is 5.54. The fourth-order valence-electron chi connectivity index (χ4n) is 9.46. The lowest BCUT2D eigenvalue weighted by Crippen LogP contribution is -2.14. The first-order valence-electron chi connectivity index (χ1n) is 20.3. The van der Waals surface area contributed by atoms with E-state index >= 15 is 0 Å². The Hall–Kier alpha value is -7.22. The minimum atomic E-state index is -0.0473. The maximum absolute atomic E-state index is 2.43. The second-order valence-electron chi connectivity index (χ2n) is 16.1. The molecular weight excluding hydrogens is 699 g/mol. The molecule has 58 heavy (non-hydrogen) atoms. The predicted octanol–water partition coefficient (Wildman–Crippen LogP) is 15.9. The van der Waals surface area contributed by atoms with Crippen LogP contribution in [0.3, 0.4) is 0 Å². The van der Waals surface area contributed by atoms with E-state index in [1.807, 2.05) is 0 Å². The molecule has 0 N–H and O–H groups in total. The Morgan fingerprint density at radius 1 is 0.310 bits per heavy atom. The van der Waals surface area contributed by atoms with Crippen molar-refractivity contribution >= 4 is 49.4 Å². The molecule has 0 amide bonds. The number of para-hydroxylation sites is 1. The van der Waals surface area contributed by atoms with Gasteiger partial charge in [0, 0.05) is 22.4 Å². The van der Waals surface area contributed by atoms with Gasteiger partial charge in [0.2, 0.25) is 0 Å². The first kappa shape index (κ1) is 34.1. The van der Waals surface area contributed by atoms with Gasteiger partial charge in [-0.25, -0.2) is 0 Å². The van der Waals surface area contributed by atoms with Crippen LogP contribution in [0.5, 0.6) is 0 Å². The Morgan fingerprint density at radius 3 is 1.57 bits per heavy atom. The highest BCUT2D eigenvalue weighted by Gasteiger charge is 2.35. The molecule has 1 nitrogen and oxygen atoms in total. The molecule has 274 valence electrons. The van der Waals surface area contributed by atoms with Crippen molar-refractivity contribution in [1.29, 1.82) is 0 Å². The molecule has 11 rings (SSSR count). The zero-order chi connectivity index (χ0) is 38.8. The van der Waals surface area contributed by atoms with Crippen LogP contribution >= 0.6 is 0 Å². The van der Waals surface area contributed by atoms with Crippen LogP contribution in [-0.4, -0.2) is 0 Å². The molecule has 0 spiro atoms. The summed E-state index contributed by atoms with van der Waals surface area (Å²) in [6, 6.07) is 78.2. The minimum absolute atomic E-state index is 0.0473. The summed E-state index contributed by atoms with van der Waals surface area (Å²) in [5.41, 5.74) is 16.0. The monoisotopic (exact) mass is 739 g/mol. The third-order valence-electron chi connectivity index (χ3n) is 12.5. The van der Waals surface area contributed by atoms with Crippen molar-refractivity contribution in [2.45, 2.75) is 19.3 Å². The SMILES string of the molecule is CC1(C)c2ccccc2-c2ccc(-c3ccc(N(c4ccc(-c5ccc6ccccc6c5)cc4)c4ccccc4-c4cc5ccccc5c5ccccc45)cc3)cc21. The highest BCUT2D eigenvalue weighted by atomic mass is 15.1. The summed E-state index contributed by atoms with van der Waals surface area (Å²) in [6.07, 6.45) is 0. The first-order valence-corrected chi connectivity index (χ1v) is 20.3. The maximum Gasteiger partial charge on any atom is 0.0540 e. The smallest absolute Gasteiger partial charge is 0.0540 e. The first-order chi connectivity index (χ1) is 28.5. The second kappa shape index (κ2) is 13.5. The van der Waals surface area contributed by atoms with E-state index in [9.17, 15) is 0 Å². The summed E-state index contributed by atoms with van der Waals surface area (Å²) >= 11 is 0. The maximum atomic E-state index is 2.43. The number of nitrogens with zero attached hydrogens (tertiary/aromatic N) is 1. The number of hydrogen-bond acceptors (Lipinski definition) is 1. The van der Waals surface area contributed by atoms with Crippen LogP contribution in [0, 0.1) is 0 Å². The summed E-state index contributed by atoms with van der Waals surface area (Å²) in [5.74, 6) is 0. The highest BCUT2D eigenvalue weighted by molar-refractivity contribution is 6.15. The van der Waals surface area contributed by atoms with Crippen molar-refractivity contribution in [3.63, 3.8) is 0 Å². The molecule has 0 unspecified atom stereocenters. The van der Waals surface area contributed by atoms with Gasteiger partial charge in [-0.15, -0.1) is 0 Å². The predicted molar refractivity (Wildman–Crippen MR) is 248 cm³/mol. The molecular formula is C57H41N. The lowest BCUT2D eigenvalue weighted by Gasteiger charge is -2.29. The van der Waals surface area contributed by atoms with Gasteiger partial charge in [-0.1, -0.05) is 178 Å². The Morgan fingerprint density at radius 2 is 0.828 bits per heavy atom. The molecule has 10 aromatic rings. The Labute approximate surface area is 340 Å². The van der Waals surface area contributed by atoms with Crippen molar-refractivity contribution in [3.8, 4) is 44.5 Å². The topological polar surface area (TPSA) is 3.24 Å². The Bertz CT molecular complexity index is 3190. The number of fused-ring (bicyclic) bond motifs is 7. The van der Waals surface area contributed by atoms with Crippen LogP contribution in [0.1, 0.15) is 25.0 Å². The molecule has 1 aliphatic rings. The molecule has 0 aromatic heterocycles. The van der Waals surface area contributed by atoms with E-state index in [0.717, 1.165) is 17.1 Å². The normalized spacial score (nSPS) is 12.8. The van der Waals surface area contributed by atoms with Crippen LogP contribution in [0.25, 0.3) is 76.8 Å². The molecule has 0 atom stereocenters. The summed E-state index contributed by atoms with van der Waals surface area (Å²) < 4.78 is 0. The lowest BCUT2D eigenvalue weighted by atomic mass is 9.81. The van der Waals surface area contributed by atoms with E-state index in [1.54, 1.807) is 0 Å². The van der Waals surface area contributed by atoms with E-state index in [4.69, 9.17) is 0 Å². The molecule has 0 bridgehead atoms. The fourth-order valence-corrected chi connectivity index (χ4v) is 9.46. The summed E-state index contributed by atoms with van der Waals surface area (Å²) in [5, 5.41) is 7.53. The van der Waals surface area contributed by atoms with Crippen molar-refractivity contribution in [1.82, 2.24) is 0 Å². The van der Waals surface area contributed by atoms with Gasteiger partial charge in [0.05, 0.1) is 5.69 Å². The molecule has 0 saturated carbocycles. The van der Waals surface area contributed by atoms with E-state index in [0.29, 0.717) is 0 Å². The standard InChI is InChI=1S/C57H41N/c1-57(2)54-21-11-9-19-50(54)51-34-29-43(37-55(51)57)40-27-32-46(33-28-40)58(45-30-25-39(26-31-45)42-24-23-38-13-3-4-14-41(38)35-42)56-22-12-10-20-52(56)53-36-44-15-5-6-16-47(44)48-17-7-8-18-49(48)53/h3-37H,1-2H3. The number of hydrogen-bond donors (Lipinski definition) is 0. The van der Waals surface area contributed by atoms with Crippen molar-refractivity contribution in [3.05, 3.63) is 223 Å². The van der Waals surface area contributed by atoms with Crippen molar-refractivity contribution in [2.24, 2.45) is 0 Å². The molecule has 0 radical (unpaired) electrons. The van der Waals surface area contributed by atoms with Gasteiger partial charge in [0.1, 0.15) is 0 Å². The number of rotatable bonds is 6. The van der Waals surface area contributed by atoms with Gasteiger partial charge in [0.25, 0.3) is 0 Å². The van der Waals surface area contributed by atoms with Gasteiger partial charge in [-0.3, -0.25) is 0 Å². The average Bonchev–Trinajstić information content (AvgIpc) is 3.52. The van der Waals surface area contributed by atoms with Crippen LogP contribution < -0.4 is 4.90 Å². The molecule has 1 heteroatoms. The molecule has 10 aromatic carbocycles. The zero-order valence-corrected chi connectivity index (χ0v) is 32.7. The fraction of sp³-hybridized carbons (Fsp3) is 0.0526. The average molecular weight is 740 g/mol.